The molecular formula is C8H5BrClNO6S. The van der Waals surface area contributed by atoms with Crippen LogP contribution in [0.5, 0.6) is 0 Å². The summed E-state index contributed by atoms with van der Waals surface area (Å²) in [5.74, 6) is -0.924. The average Bonchev–Trinajstić information content (AvgIpc) is 2.26. The van der Waals surface area contributed by atoms with Crippen molar-refractivity contribution < 1.29 is 22.9 Å². The molecule has 0 heterocycles. The SMILES string of the molecule is COC(=O)c1cc([N+](=O)[O-])cc(S(=O)(=O)Cl)c1Br. The van der Waals surface area contributed by atoms with Crippen molar-refractivity contribution in [1.29, 1.82) is 0 Å². The first-order chi connectivity index (χ1) is 8.18. The molecule has 0 N–H and O–H groups in total. The van der Waals surface area contributed by atoms with E-state index in [1.54, 1.807) is 0 Å². The van der Waals surface area contributed by atoms with Crippen LogP contribution in [-0.2, 0) is 13.8 Å². The molecule has 0 saturated heterocycles. The molecule has 0 radical (unpaired) electrons. The second kappa shape index (κ2) is 5.21. The predicted octanol–water partition coefficient (Wildman–Crippen LogP) is 2.07. The van der Waals surface area contributed by atoms with Gasteiger partial charge >= 0.3 is 5.97 Å². The van der Waals surface area contributed by atoms with Gasteiger partial charge in [0.25, 0.3) is 14.7 Å². The van der Waals surface area contributed by atoms with Gasteiger partial charge in [0.05, 0.1) is 22.1 Å². The van der Waals surface area contributed by atoms with Crippen LogP contribution in [0.3, 0.4) is 0 Å². The van der Waals surface area contributed by atoms with Gasteiger partial charge in [-0.2, -0.15) is 0 Å². The van der Waals surface area contributed by atoms with Crippen molar-refractivity contribution in [3.8, 4) is 0 Å². The summed E-state index contributed by atoms with van der Waals surface area (Å²) in [5.41, 5.74) is -0.885. The number of esters is 1. The summed E-state index contributed by atoms with van der Waals surface area (Å²) in [7, 11) is 1.95. The van der Waals surface area contributed by atoms with E-state index in [1.165, 1.54) is 0 Å². The highest BCUT2D eigenvalue weighted by atomic mass is 79.9. The Hall–Kier alpha value is -1.19. The van der Waals surface area contributed by atoms with Crippen molar-refractivity contribution in [3.05, 3.63) is 32.3 Å². The third kappa shape index (κ3) is 2.98. The van der Waals surface area contributed by atoms with Crippen LogP contribution in [0, 0.1) is 10.1 Å². The van der Waals surface area contributed by atoms with Gasteiger partial charge in [0.1, 0.15) is 4.90 Å². The van der Waals surface area contributed by atoms with Crippen LogP contribution in [0.15, 0.2) is 21.5 Å². The van der Waals surface area contributed by atoms with Crippen molar-refractivity contribution in [2.75, 3.05) is 7.11 Å². The molecule has 0 aliphatic rings. The fourth-order valence-electron chi connectivity index (χ4n) is 1.12. The summed E-state index contributed by atoms with van der Waals surface area (Å²) in [6.45, 7) is 0. The number of nitro benzene ring substituents is 1. The first-order valence-corrected chi connectivity index (χ1v) is 7.29. The van der Waals surface area contributed by atoms with Gasteiger partial charge in [-0.1, -0.05) is 0 Å². The lowest BCUT2D eigenvalue weighted by Gasteiger charge is -2.06. The molecule has 0 saturated carbocycles. The highest BCUT2D eigenvalue weighted by Crippen LogP contribution is 2.33. The van der Waals surface area contributed by atoms with E-state index < -0.39 is 30.5 Å². The number of rotatable bonds is 3. The molecule has 0 aliphatic heterocycles. The van der Waals surface area contributed by atoms with Crippen molar-refractivity contribution >= 4 is 47.3 Å². The average molecular weight is 359 g/mol. The largest absolute Gasteiger partial charge is 0.465 e. The third-order valence-corrected chi connectivity index (χ3v) is 4.37. The zero-order valence-electron chi connectivity index (χ0n) is 8.72. The lowest BCUT2D eigenvalue weighted by molar-refractivity contribution is -0.385. The van der Waals surface area contributed by atoms with Gasteiger partial charge in [0, 0.05) is 22.8 Å². The molecule has 0 fully saturated rings. The van der Waals surface area contributed by atoms with Gasteiger partial charge < -0.3 is 4.74 Å². The minimum atomic E-state index is -4.24. The summed E-state index contributed by atoms with van der Waals surface area (Å²) in [5, 5.41) is 10.7. The Bertz CT molecular complexity index is 629. The number of benzene rings is 1. The van der Waals surface area contributed by atoms with Crippen LogP contribution in [0.4, 0.5) is 5.69 Å². The molecule has 1 aromatic carbocycles. The molecule has 0 amide bonds. The fraction of sp³-hybridized carbons (Fsp3) is 0.125. The minimum Gasteiger partial charge on any atom is -0.465 e. The number of carbonyl (C=O) groups is 1. The number of hydrogen-bond donors (Lipinski definition) is 0. The van der Waals surface area contributed by atoms with Crippen molar-refractivity contribution in [3.63, 3.8) is 0 Å². The van der Waals surface area contributed by atoms with E-state index in [-0.39, 0.29) is 10.0 Å². The molecule has 0 atom stereocenters. The molecular weight excluding hydrogens is 354 g/mol. The van der Waals surface area contributed by atoms with E-state index in [0.29, 0.717) is 0 Å². The Morgan fingerprint density at radius 1 is 1.50 bits per heavy atom. The van der Waals surface area contributed by atoms with Crippen LogP contribution in [-0.4, -0.2) is 26.4 Å². The number of ether oxygens (including phenoxy) is 1. The number of nitro groups is 1. The number of nitrogens with zero attached hydrogens (tertiary/aromatic N) is 1. The van der Waals surface area contributed by atoms with E-state index in [9.17, 15) is 23.3 Å². The number of hydrogen-bond acceptors (Lipinski definition) is 6. The van der Waals surface area contributed by atoms with Gasteiger partial charge in [-0.25, -0.2) is 13.2 Å². The number of methoxy groups -OCH3 is 1. The fourth-order valence-corrected chi connectivity index (χ4v) is 3.38. The lowest BCUT2D eigenvalue weighted by Crippen LogP contribution is -2.06. The maximum Gasteiger partial charge on any atom is 0.339 e. The second-order valence-electron chi connectivity index (χ2n) is 2.99. The highest BCUT2D eigenvalue weighted by molar-refractivity contribution is 9.10. The normalized spacial score (nSPS) is 11.1. The Balaban J connectivity index is 3.69. The van der Waals surface area contributed by atoms with Crippen LogP contribution in [0.1, 0.15) is 10.4 Å². The smallest absolute Gasteiger partial charge is 0.339 e. The standard InChI is InChI=1S/C8H5BrClNO6S/c1-17-8(12)5-2-4(11(13)14)3-6(7(5)9)18(10,15)16/h2-3H,1H3. The molecule has 98 valence electrons. The van der Waals surface area contributed by atoms with Gasteiger partial charge in [0.15, 0.2) is 0 Å². The Morgan fingerprint density at radius 3 is 2.44 bits per heavy atom. The monoisotopic (exact) mass is 357 g/mol. The molecule has 0 aromatic heterocycles. The molecule has 10 heteroatoms. The second-order valence-corrected chi connectivity index (χ2v) is 6.32. The first-order valence-electron chi connectivity index (χ1n) is 4.19. The molecule has 0 spiro atoms. The molecule has 1 rings (SSSR count). The lowest BCUT2D eigenvalue weighted by atomic mass is 10.2. The van der Waals surface area contributed by atoms with Crippen LogP contribution in [0.25, 0.3) is 0 Å². The Kier molecular flexibility index (Phi) is 4.30. The van der Waals surface area contributed by atoms with E-state index in [0.717, 1.165) is 19.2 Å². The van der Waals surface area contributed by atoms with Crippen molar-refractivity contribution in [1.82, 2.24) is 0 Å². The minimum absolute atomic E-state index is 0.185. The number of carbonyl (C=O) groups excluding carboxylic acids is 1. The maximum atomic E-state index is 11.4. The number of non-ortho nitro benzene ring substituents is 1. The zero-order chi connectivity index (χ0) is 14.1. The van der Waals surface area contributed by atoms with Crippen LogP contribution >= 0.6 is 26.6 Å². The summed E-state index contributed by atoms with van der Waals surface area (Å²) in [4.78, 5) is 20.6. The topological polar surface area (TPSA) is 104 Å². The quantitative estimate of drug-likeness (QED) is 0.354. The first kappa shape index (κ1) is 14.9. The zero-order valence-corrected chi connectivity index (χ0v) is 11.9. The molecule has 0 bridgehead atoms. The van der Waals surface area contributed by atoms with Crippen molar-refractivity contribution in [2.45, 2.75) is 4.90 Å². The third-order valence-electron chi connectivity index (χ3n) is 1.90. The van der Waals surface area contributed by atoms with Gasteiger partial charge in [-0.3, -0.25) is 10.1 Å². The van der Waals surface area contributed by atoms with Gasteiger partial charge in [-0.05, 0) is 15.9 Å². The molecule has 18 heavy (non-hydrogen) atoms. The molecule has 0 unspecified atom stereocenters. The van der Waals surface area contributed by atoms with Gasteiger partial charge in [0.2, 0.25) is 0 Å². The predicted molar refractivity (Wildman–Crippen MR) is 65.2 cm³/mol. The molecule has 7 nitrogen and oxygen atoms in total. The molecule has 0 aliphatic carbocycles. The van der Waals surface area contributed by atoms with Crippen molar-refractivity contribution in [2.24, 2.45) is 0 Å². The summed E-state index contributed by atoms with van der Waals surface area (Å²) < 4.78 is 26.7. The Morgan fingerprint density at radius 2 is 2.06 bits per heavy atom. The van der Waals surface area contributed by atoms with E-state index in [2.05, 4.69) is 20.7 Å². The van der Waals surface area contributed by atoms with Crippen LogP contribution < -0.4 is 0 Å². The van der Waals surface area contributed by atoms with E-state index in [4.69, 9.17) is 10.7 Å². The van der Waals surface area contributed by atoms with E-state index in [1.807, 2.05) is 0 Å². The highest BCUT2D eigenvalue weighted by Gasteiger charge is 2.26. The van der Waals surface area contributed by atoms with Crippen LogP contribution in [0.2, 0.25) is 0 Å². The van der Waals surface area contributed by atoms with E-state index >= 15 is 0 Å². The number of halogens is 2. The summed E-state index contributed by atoms with van der Waals surface area (Å²) in [6.07, 6.45) is 0. The summed E-state index contributed by atoms with van der Waals surface area (Å²) >= 11 is 2.85. The molecule has 1 aromatic rings. The maximum absolute atomic E-state index is 11.4. The summed E-state index contributed by atoms with van der Waals surface area (Å²) in [6, 6.07) is 1.64. The van der Waals surface area contributed by atoms with Gasteiger partial charge in [-0.15, -0.1) is 0 Å². The Labute approximate surface area is 114 Å².